The number of hydrogen-bond acceptors (Lipinski definition) is 6. The minimum absolute atomic E-state index is 0.0908. The number of hydrogen-bond donors (Lipinski definition) is 0. The zero-order valence-corrected chi connectivity index (χ0v) is 50.4. The van der Waals surface area contributed by atoms with Gasteiger partial charge in [0.05, 0.1) is 0 Å². The lowest BCUT2D eigenvalue weighted by Crippen LogP contribution is -2.30. The lowest BCUT2D eigenvalue weighted by atomic mass is 10.1. The Balaban J connectivity index is 4.24. The molecule has 1 unspecified atom stereocenters. The zero-order chi connectivity index (χ0) is 56.4. The third-order valence-electron chi connectivity index (χ3n) is 13.1. The molecule has 0 aromatic carbocycles. The van der Waals surface area contributed by atoms with Crippen molar-refractivity contribution in [2.24, 2.45) is 0 Å². The summed E-state index contributed by atoms with van der Waals surface area (Å²) in [7, 11) is 0. The maximum absolute atomic E-state index is 12.9. The van der Waals surface area contributed by atoms with Gasteiger partial charge < -0.3 is 14.2 Å². The highest BCUT2D eigenvalue weighted by Gasteiger charge is 2.19. The zero-order valence-electron chi connectivity index (χ0n) is 50.4. The van der Waals surface area contributed by atoms with Crippen molar-refractivity contribution in [3.05, 3.63) is 146 Å². The Morgan fingerprint density at radius 1 is 0.269 bits per heavy atom. The topological polar surface area (TPSA) is 78.9 Å². The average Bonchev–Trinajstić information content (AvgIpc) is 3.44. The first-order valence-corrected chi connectivity index (χ1v) is 31.8. The van der Waals surface area contributed by atoms with Gasteiger partial charge >= 0.3 is 17.9 Å². The summed E-state index contributed by atoms with van der Waals surface area (Å²) in [5.41, 5.74) is 0. The summed E-state index contributed by atoms with van der Waals surface area (Å²) in [6.45, 7) is 6.36. The minimum atomic E-state index is -0.795. The van der Waals surface area contributed by atoms with Crippen LogP contribution in [0, 0.1) is 0 Å². The van der Waals surface area contributed by atoms with Gasteiger partial charge in [0.25, 0.3) is 0 Å². The van der Waals surface area contributed by atoms with E-state index in [1.807, 2.05) is 0 Å². The maximum Gasteiger partial charge on any atom is 0.306 e. The summed E-state index contributed by atoms with van der Waals surface area (Å²) >= 11 is 0. The number of esters is 3. The normalized spacial score (nSPS) is 13.1. The van der Waals surface area contributed by atoms with Crippen molar-refractivity contribution < 1.29 is 28.6 Å². The van der Waals surface area contributed by atoms with Crippen LogP contribution in [0.1, 0.15) is 271 Å². The molecule has 0 radical (unpaired) electrons. The smallest absolute Gasteiger partial charge is 0.306 e. The number of carbonyl (C=O) groups is 3. The monoisotopic (exact) mass is 1080 g/mol. The van der Waals surface area contributed by atoms with E-state index >= 15 is 0 Å². The van der Waals surface area contributed by atoms with Crippen LogP contribution >= 0.6 is 0 Å². The fourth-order valence-corrected chi connectivity index (χ4v) is 8.39. The minimum Gasteiger partial charge on any atom is -0.462 e. The molecule has 1 atom stereocenters. The third kappa shape index (κ3) is 62.1. The molecule has 0 fully saturated rings. The van der Waals surface area contributed by atoms with Gasteiger partial charge in [0.15, 0.2) is 6.10 Å². The van der Waals surface area contributed by atoms with E-state index in [4.69, 9.17) is 14.2 Å². The molecule has 0 spiro atoms. The van der Waals surface area contributed by atoms with E-state index in [-0.39, 0.29) is 31.1 Å². The van der Waals surface area contributed by atoms with Crippen molar-refractivity contribution in [1.82, 2.24) is 0 Å². The van der Waals surface area contributed by atoms with Gasteiger partial charge in [-0.15, -0.1) is 0 Å². The van der Waals surface area contributed by atoms with E-state index in [0.29, 0.717) is 19.3 Å². The maximum atomic E-state index is 12.9. The molecule has 0 aliphatic carbocycles. The first-order chi connectivity index (χ1) is 38.5. The highest BCUT2D eigenvalue weighted by molar-refractivity contribution is 5.71. The molecule has 0 N–H and O–H groups in total. The molecule has 78 heavy (non-hydrogen) atoms. The Kier molecular flexibility index (Phi) is 60.9. The van der Waals surface area contributed by atoms with Crippen LogP contribution < -0.4 is 0 Å². The van der Waals surface area contributed by atoms with Crippen LogP contribution in [0.4, 0.5) is 0 Å². The lowest BCUT2D eigenvalue weighted by molar-refractivity contribution is -0.167. The van der Waals surface area contributed by atoms with E-state index in [0.717, 1.165) is 161 Å². The summed E-state index contributed by atoms with van der Waals surface area (Å²) in [5, 5.41) is 0. The van der Waals surface area contributed by atoms with Crippen molar-refractivity contribution >= 4 is 17.9 Å². The molecule has 0 aliphatic rings. The molecule has 0 rings (SSSR count). The molecule has 0 aromatic heterocycles. The summed E-state index contributed by atoms with van der Waals surface area (Å²) in [4.78, 5) is 38.1. The molecule has 0 amide bonds. The van der Waals surface area contributed by atoms with E-state index < -0.39 is 6.10 Å². The molecule has 0 heterocycles. The fraction of sp³-hybridized carbons (Fsp3) is 0.625. The van der Waals surface area contributed by atoms with Crippen LogP contribution in [0.5, 0.6) is 0 Å². The molecule has 0 bridgehead atoms. The van der Waals surface area contributed by atoms with Crippen molar-refractivity contribution in [3.63, 3.8) is 0 Å². The predicted octanol–water partition coefficient (Wildman–Crippen LogP) is 21.9. The van der Waals surface area contributed by atoms with Crippen LogP contribution in [0.2, 0.25) is 0 Å². The molecule has 0 saturated heterocycles. The van der Waals surface area contributed by atoms with Crippen LogP contribution in [-0.2, 0) is 28.6 Å². The quantitative estimate of drug-likeness (QED) is 0.0261. The molecule has 0 aliphatic heterocycles. The van der Waals surface area contributed by atoms with Gasteiger partial charge in [-0.25, -0.2) is 0 Å². The van der Waals surface area contributed by atoms with Crippen molar-refractivity contribution in [2.45, 2.75) is 277 Å². The second-order valence-corrected chi connectivity index (χ2v) is 20.6. The first-order valence-electron chi connectivity index (χ1n) is 31.8. The van der Waals surface area contributed by atoms with E-state index in [9.17, 15) is 14.4 Å². The van der Waals surface area contributed by atoms with Gasteiger partial charge in [0, 0.05) is 19.3 Å². The number of allylic oxidation sites excluding steroid dienone is 24. The third-order valence-corrected chi connectivity index (χ3v) is 13.1. The summed E-state index contributed by atoms with van der Waals surface area (Å²) in [6, 6.07) is 0. The highest BCUT2D eigenvalue weighted by atomic mass is 16.6. The Labute approximate surface area is 480 Å². The Hall–Kier alpha value is -4.71. The largest absolute Gasteiger partial charge is 0.462 e. The van der Waals surface area contributed by atoms with Gasteiger partial charge in [0.2, 0.25) is 0 Å². The SMILES string of the molecule is CC/C=C\C/C=C\C/C=C\C/C=C\C/C=C\C/C=C\C/C=C\CCCCCCCCCCCC(=O)OCC(COC(=O)CCCCCCCCCC)OC(=O)CCCCCCC/C=C\C/C=C\C/C=C\C/C=C\C/C=C\CC. The average molecular weight is 1080 g/mol. The van der Waals surface area contributed by atoms with Crippen molar-refractivity contribution in [1.29, 1.82) is 0 Å². The molecule has 440 valence electrons. The second-order valence-electron chi connectivity index (χ2n) is 20.6. The molecule has 6 nitrogen and oxygen atoms in total. The predicted molar refractivity (Wildman–Crippen MR) is 339 cm³/mol. The molecule has 0 aromatic rings. The van der Waals surface area contributed by atoms with Crippen LogP contribution in [-0.4, -0.2) is 37.2 Å². The lowest BCUT2D eigenvalue weighted by Gasteiger charge is -2.18. The molecule has 0 saturated carbocycles. The van der Waals surface area contributed by atoms with Crippen molar-refractivity contribution in [2.75, 3.05) is 13.2 Å². The van der Waals surface area contributed by atoms with Gasteiger partial charge in [0.1, 0.15) is 13.2 Å². The number of rotatable bonds is 56. The van der Waals surface area contributed by atoms with E-state index in [2.05, 4.69) is 167 Å². The number of carbonyl (C=O) groups excluding carboxylic acids is 3. The summed E-state index contributed by atoms with van der Waals surface area (Å²) < 4.78 is 16.8. The first kappa shape index (κ1) is 73.3. The summed E-state index contributed by atoms with van der Waals surface area (Å²) in [6.07, 6.45) is 92.9. The van der Waals surface area contributed by atoms with E-state index in [1.165, 1.54) is 70.6 Å². The Bertz CT molecular complexity index is 1710. The number of ether oxygens (including phenoxy) is 3. The molecular weight excluding hydrogens is 961 g/mol. The Morgan fingerprint density at radius 3 is 0.782 bits per heavy atom. The van der Waals surface area contributed by atoms with Gasteiger partial charge in [-0.2, -0.15) is 0 Å². The van der Waals surface area contributed by atoms with Crippen LogP contribution in [0.15, 0.2) is 146 Å². The van der Waals surface area contributed by atoms with Crippen molar-refractivity contribution in [3.8, 4) is 0 Å². The van der Waals surface area contributed by atoms with E-state index in [1.54, 1.807) is 0 Å². The fourth-order valence-electron chi connectivity index (χ4n) is 8.39. The van der Waals surface area contributed by atoms with Crippen LogP contribution in [0.25, 0.3) is 0 Å². The number of unbranched alkanes of at least 4 members (excludes halogenated alkanes) is 21. The summed E-state index contributed by atoms with van der Waals surface area (Å²) in [5.74, 6) is -0.922. The second kappa shape index (κ2) is 64.8. The van der Waals surface area contributed by atoms with Crippen LogP contribution in [0.3, 0.4) is 0 Å². The highest BCUT2D eigenvalue weighted by Crippen LogP contribution is 2.15. The van der Waals surface area contributed by atoms with Gasteiger partial charge in [-0.3, -0.25) is 14.4 Å². The van der Waals surface area contributed by atoms with Gasteiger partial charge in [-0.1, -0.05) is 276 Å². The Morgan fingerprint density at radius 2 is 0.500 bits per heavy atom. The molecule has 6 heteroatoms. The standard InChI is InChI=1S/C72H116O6/c1-4-7-10-13-16-19-21-23-25-27-29-31-32-33-34-35-36-37-38-39-40-42-43-45-47-49-51-53-56-59-62-65-71(74)77-68-69(67-76-70(73)64-61-58-55-18-15-12-9-6-3)78-72(75)66-63-60-57-54-52-50-48-46-44-41-30-28-26-24-22-20-17-14-11-8-5-2/h7-8,10-11,16-17,19-20,23-26,29-31,33-34,36-37,39-41,46,48,69H,4-6,9,12-15,18,21-22,27-28,32,35,38,42-45,47,49-68H2,1-3H3/b10-7-,11-8-,19-16-,20-17-,25-23-,26-24-,31-29-,34-33-,37-36-,40-39-,41-30-,48-46-. The molecular formula is C72H116O6. The van der Waals surface area contributed by atoms with Gasteiger partial charge in [-0.05, 0) is 122 Å².